The van der Waals surface area contributed by atoms with Crippen molar-refractivity contribution in [2.45, 2.75) is 39.3 Å². The summed E-state index contributed by atoms with van der Waals surface area (Å²) < 4.78 is 5.50. The predicted molar refractivity (Wildman–Crippen MR) is 130 cm³/mol. The number of nitrogens with one attached hydrogen (secondary N) is 1. The minimum Gasteiger partial charge on any atom is -0.496 e. The molecule has 9 heteroatoms. The standard InChI is InChI=1S/C26H23N5O3S/c1-15-7-17(16-5-3-4-6-20(16)34-2)18(8-28-15)22(32)30-24-29-19-9-31(10-21(19)35-24)23(33)26-11-25(12-26,13-26)14-27/h3-8H,9-13H2,1-2H3,(H,29,30,32). The molecule has 1 aliphatic heterocycles. The van der Waals surface area contributed by atoms with Crippen molar-refractivity contribution < 1.29 is 14.3 Å². The molecule has 0 radical (unpaired) electrons. The van der Waals surface area contributed by atoms with Gasteiger partial charge in [-0.15, -0.1) is 0 Å². The fraction of sp³-hybridized carbons (Fsp3) is 0.346. The number of methoxy groups -OCH3 is 1. The van der Waals surface area contributed by atoms with Crippen LogP contribution >= 0.6 is 11.3 Å². The Kier molecular flexibility index (Phi) is 4.73. The summed E-state index contributed by atoms with van der Waals surface area (Å²) >= 11 is 1.40. The molecule has 0 unspecified atom stereocenters. The highest BCUT2D eigenvalue weighted by molar-refractivity contribution is 7.16. The molecule has 3 saturated carbocycles. The molecule has 3 aromatic rings. The summed E-state index contributed by atoms with van der Waals surface area (Å²) in [5, 5.41) is 12.7. The van der Waals surface area contributed by atoms with Gasteiger partial charge in [0.25, 0.3) is 5.91 Å². The molecule has 2 amide bonds. The van der Waals surface area contributed by atoms with Gasteiger partial charge in [0, 0.05) is 23.0 Å². The number of carbonyl (C=O) groups excluding carboxylic acids is 2. The first kappa shape index (κ1) is 21.7. The minimum absolute atomic E-state index is 0.137. The first-order valence-electron chi connectivity index (χ1n) is 11.5. The van der Waals surface area contributed by atoms with Crippen LogP contribution in [-0.2, 0) is 17.9 Å². The van der Waals surface area contributed by atoms with Crippen molar-refractivity contribution in [3.63, 3.8) is 0 Å². The number of amides is 2. The van der Waals surface area contributed by atoms with Crippen molar-refractivity contribution in [2.24, 2.45) is 10.8 Å². The zero-order valence-electron chi connectivity index (χ0n) is 19.4. The van der Waals surface area contributed by atoms with Crippen LogP contribution in [0.25, 0.3) is 11.1 Å². The van der Waals surface area contributed by atoms with Gasteiger partial charge in [0.05, 0.1) is 53.2 Å². The Morgan fingerprint density at radius 3 is 2.69 bits per heavy atom. The molecule has 4 aliphatic rings. The quantitative estimate of drug-likeness (QED) is 0.577. The van der Waals surface area contributed by atoms with Crippen molar-refractivity contribution in [3.05, 3.63) is 58.4 Å². The SMILES string of the molecule is COc1ccccc1-c1cc(C)ncc1C(=O)Nc1nc2c(s1)CN(C(=O)C13CC(C#N)(C1)C3)C2. The molecule has 8 nitrogen and oxygen atoms in total. The minimum atomic E-state index is -0.325. The largest absolute Gasteiger partial charge is 0.496 e. The monoisotopic (exact) mass is 485 g/mol. The number of nitriles is 1. The molecule has 176 valence electrons. The van der Waals surface area contributed by atoms with Crippen LogP contribution in [0.4, 0.5) is 5.13 Å². The summed E-state index contributed by atoms with van der Waals surface area (Å²) in [7, 11) is 1.60. The maximum absolute atomic E-state index is 13.2. The van der Waals surface area contributed by atoms with Crippen LogP contribution in [0.5, 0.6) is 5.75 Å². The molecule has 35 heavy (non-hydrogen) atoms. The van der Waals surface area contributed by atoms with E-state index in [4.69, 9.17) is 4.74 Å². The van der Waals surface area contributed by atoms with Crippen LogP contribution in [0, 0.1) is 29.1 Å². The number of carbonyl (C=O) groups is 2. The van der Waals surface area contributed by atoms with Crippen LogP contribution in [0.2, 0.25) is 0 Å². The first-order chi connectivity index (χ1) is 16.9. The van der Waals surface area contributed by atoms with E-state index in [1.807, 2.05) is 42.2 Å². The second kappa shape index (κ2) is 7.62. The number of fused-ring (bicyclic) bond motifs is 1. The number of ether oxygens (including phenoxy) is 1. The Hall–Kier alpha value is -3.77. The van der Waals surface area contributed by atoms with E-state index in [9.17, 15) is 14.9 Å². The Labute approximate surface area is 206 Å². The highest BCUT2D eigenvalue weighted by Crippen LogP contribution is 2.73. The number of benzene rings is 1. The number of hydrogen-bond acceptors (Lipinski definition) is 7. The number of nitrogens with zero attached hydrogens (tertiary/aromatic N) is 4. The zero-order valence-corrected chi connectivity index (χ0v) is 20.2. The number of aromatic nitrogens is 2. The number of anilines is 1. The molecule has 2 aromatic heterocycles. The fourth-order valence-corrected chi connectivity index (χ4v) is 6.68. The van der Waals surface area contributed by atoms with Crippen molar-refractivity contribution in [3.8, 4) is 22.9 Å². The lowest BCUT2D eigenvalue weighted by Crippen LogP contribution is -2.67. The number of hydrogen-bond donors (Lipinski definition) is 1. The molecule has 0 spiro atoms. The van der Waals surface area contributed by atoms with Crippen molar-refractivity contribution in [1.82, 2.24) is 14.9 Å². The summed E-state index contributed by atoms with van der Waals surface area (Å²) in [4.78, 5) is 38.0. The number of rotatable bonds is 5. The predicted octanol–water partition coefficient (Wildman–Crippen LogP) is 4.31. The van der Waals surface area contributed by atoms with E-state index in [-0.39, 0.29) is 22.6 Å². The summed E-state index contributed by atoms with van der Waals surface area (Å²) in [5.41, 5.74) is 3.03. The molecule has 0 atom stereocenters. The Balaban J connectivity index is 1.18. The van der Waals surface area contributed by atoms with Crippen LogP contribution in [-0.4, -0.2) is 33.8 Å². The normalized spacial score (nSPS) is 23.5. The molecule has 1 aromatic carbocycles. The number of thiazole rings is 1. The van der Waals surface area contributed by atoms with Gasteiger partial charge in [-0.3, -0.25) is 19.9 Å². The third-order valence-electron chi connectivity index (χ3n) is 7.36. The van der Waals surface area contributed by atoms with Gasteiger partial charge in [0.15, 0.2) is 5.13 Å². The van der Waals surface area contributed by atoms with E-state index < -0.39 is 0 Å². The average Bonchev–Trinajstić information content (AvgIpc) is 3.36. The summed E-state index contributed by atoms with van der Waals surface area (Å²) in [6.45, 7) is 2.83. The number of pyridine rings is 1. The van der Waals surface area contributed by atoms with E-state index >= 15 is 0 Å². The fourth-order valence-electron chi connectivity index (χ4n) is 5.70. The third-order valence-corrected chi connectivity index (χ3v) is 8.36. The second-order valence-electron chi connectivity index (χ2n) is 9.78. The van der Waals surface area contributed by atoms with E-state index in [1.165, 1.54) is 11.3 Å². The van der Waals surface area contributed by atoms with E-state index in [0.29, 0.717) is 48.8 Å². The molecule has 0 saturated heterocycles. The highest BCUT2D eigenvalue weighted by atomic mass is 32.1. The van der Waals surface area contributed by atoms with Crippen molar-refractivity contribution in [2.75, 3.05) is 12.4 Å². The van der Waals surface area contributed by atoms with Gasteiger partial charge in [0.1, 0.15) is 5.75 Å². The maximum Gasteiger partial charge on any atom is 0.259 e. The van der Waals surface area contributed by atoms with E-state index in [1.54, 1.807) is 13.3 Å². The Bertz CT molecular complexity index is 1400. The van der Waals surface area contributed by atoms with Crippen LogP contribution < -0.4 is 10.1 Å². The maximum atomic E-state index is 13.2. The molecule has 2 bridgehead atoms. The van der Waals surface area contributed by atoms with Gasteiger partial charge in [-0.1, -0.05) is 29.5 Å². The molecular formula is C26H23N5O3S. The summed E-state index contributed by atoms with van der Waals surface area (Å²) in [6.07, 6.45) is 3.64. The topological polar surface area (TPSA) is 108 Å². The van der Waals surface area contributed by atoms with Crippen LogP contribution in [0.3, 0.4) is 0 Å². The lowest BCUT2D eigenvalue weighted by atomic mass is 9.35. The highest BCUT2D eigenvalue weighted by Gasteiger charge is 2.73. The summed E-state index contributed by atoms with van der Waals surface area (Å²) in [5.74, 6) is 0.515. The molecule has 3 fully saturated rings. The molecule has 7 rings (SSSR count). The Morgan fingerprint density at radius 2 is 1.97 bits per heavy atom. The van der Waals surface area contributed by atoms with Gasteiger partial charge < -0.3 is 9.64 Å². The number of aryl methyl sites for hydroxylation is 1. The lowest BCUT2D eigenvalue weighted by molar-refractivity contribution is -0.196. The first-order valence-corrected chi connectivity index (χ1v) is 12.3. The van der Waals surface area contributed by atoms with Gasteiger partial charge in [-0.05, 0) is 38.3 Å². The molecular weight excluding hydrogens is 462 g/mol. The Morgan fingerprint density at radius 1 is 1.20 bits per heavy atom. The second-order valence-corrected chi connectivity index (χ2v) is 10.9. The van der Waals surface area contributed by atoms with Crippen LogP contribution in [0.15, 0.2) is 36.5 Å². The number of para-hydroxylation sites is 1. The van der Waals surface area contributed by atoms with E-state index in [0.717, 1.165) is 27.4 Å². The van der Waals surface area contributed by atoms with Gasteiger partial charge in [-0.25, -0.2) is 4.98 Å². The summed E-state index contributed by atoms with van der Waals surface area (Å²) in [6, 6.07) is 11.8. The zero-order chi connectivity index (χ0) is 24.4. The van der Waals surface area contributed by atoms with Crippen LogP contribution in [0.1, 0.15) is 45.9 Å². The molecule has 1 N–H and O–H groups in total. The van der Waals surface area contributed by atoms with Gasteiger partial charge in [0.2, 0.25) is 5.91 Å². The van der Waals surface area contributed by atoms with Crippen molar-refractivity contribution >= 4 is 28.3 Å². The molecule has 3 aliphatic carbocycles. The smallest absolute Gasteiger partial charge is 0.259 e. The van der Waals surface area contributed by atoms with Crippen molar-refractivity contribution in [1.29, 1.82) is 5.26 Å². The van der Waals surface area contributed by atoms with E-state index in [2.05, 4.69) is 21.4 Å². The third kappa shape index (κ3) is 3.32. The molecule has 3 heterocycles. The van der Waals surface area contributed by atoms with Gasteiger partial charge >= 0.3 is 0 Å². The van der Waals surface area contributed by atoms with Gasteiger partial charge in [-0.2, -0.15) is 5.26 Å². The average molecular weight is 486 g/mol. The lowest BCUT2D eigenvalue weighted by Gasteiger charge is -2.66.